The van der Waals surface area contributed by atoms with Gasteiger partial charge >= 0.3 is 5.97 Å². The highest BCUT2D eigenvalue weighted by Crippen LogP contribution is 2.21. The van der Waals surface area contributed by atoms with Gasteiger partial charge in [0.1, 0.15) is 0 Å². The summed E-state index contributed by atoms with van der Waals surface area (Å²) in [6.45, 7) is 3.42. The lowest BCUT2D eigenvalue weighted by Crippen LogP contribution is -2.47. The number of amides is 1. The van der Waals surface area contributed by atoms with E-state index in [-0.39, 0.29) is 11.5 Å². The molecule has 1 aliphatic heterocycles. The minimum absolute atomic E-state index is 0.161. The first-order chi connectivity index (χ1) is 12.0. The summed E-state index contributed by atoms with van der Waals surface area (Å²) >= 11 is 0. The van der Waals surface area contributed by atoms with Crippen LogP contribution in [0.1, 0.15) is 15.9 Å². The number of rotatable bonds is 4. The molecule has 2 aromatic rings. The zero-order valence-corrected chi connectivity index (χ0v) is 14.3. The second kappa shape index (κ2) is 7.49. The van der Waals surface area contributed by atoms with Crippen LogP contribution in [0.25, 0.3) is 11.1 Å². The van der Waals surface area contributed by atoms with Crippen LogP contribution in [0.2, 0.25) is 0 Å². The molecular weight excluding hydrogens is 316 g/mol. The number of nitrogens with zero attached hydrogens (tertiary/aromatic N) is 2. The first kappa shape index (κ1) is 17.2. The lowest BCUT2D eigenvalue weighted by Gasteiger charge is -2.32. The van der Waals surface area contributed by atoms with Crippen molar-refractivity contribution in [1.29, 1.82) is 0 Å². The smallest absolute Gasteiger partial charge is 0.335 e. The molecule has 1 fully saturated rings. The number of carbonyl (C=O) groups excluding carboxylic acids is 1. The molecule has 0 aromatic heterocycles. The van der Waals surface area contributed by atoms with E-state index in [0.29, 0.717) is 6.42 Å². The minimum atomic E-state index is -0.934. The fourth-order valence-electron chi connectivity index (χ4n) is 2.99. The van der Waals surface area contributed by atoms with Gasteiger partial charge < -0.3 is 14.9 Å². The molecule has 1 heterocycles. The van der Waals surface area contributed by atoms with Gasteiger partial charge in [0.05, 0.1) is 12.0 Å². The molecule has 5 nitrogen and oxygen atoms in total. The maximum absolute atomic E-state index is 12.4. The van der Waals surface area contributed by atoms with E-state index in [1.54, 1.807) is 18.2 Å². The Hall–Kier alpha value is -2.66. The molecule has 5 heteroatoms. The van der Waals surface area contributed by atoms with Gasteiger partial charge in [-0.05, 0) is 35.9 Å². The Kier molecular flexibility index (Phi) is 5.14. The summed E-state index contributed by atoms with van der Waals surface area (Å²) in [7, 11) is 2.07. The second-order valence-electron chi connectivity index (χ2n) is 6.44. The number of aromatic carboxylic acids is 1. The highest BCUT2D eigenvalue weighted by atomic mass is 16.4. The normalized spacial score (nSPS) is 15.2. The van der Waals surface area contributed by atoms with Crippen LogP contribution in [-0.4, -0.2) is 60.0 Å². The Labute approximate surface area is 147 Å². The van der Waals surface area contributed by atoms with E-state index < -0.39 is 5.97 Å². The van der Waals surface area contributed by atoms with Gasteiger partial charge in [0.2, 0.25) is 5.91 Å². The summed E-state index contributed by atoms with van der Waals surface area (Å²) in [4.78, 5) is 27.6. The molecule has 25 heavy (non-hydrogen) atoms. The molecule has 0 bridgehead atoms. The highest BCUT2D eigenvalue weighted by molar-refractivity contribution is 5.89. The first-order valence-electron chi connectivity index (χ1n) is 8.42. The Balaban J connectivity index is 1.67. The fourth-order valence-corrected chi connectivity index (χ4v) is 2.99. The fraction of sp³-hybridized carbons (Fsp3) is 0.300. The quantitative estimate of drug-likeness (QED) is 0.930. The number of piperazine rings is 1. The van der Waals surface area contributed by atoms with Crippen LogP contribution in [0.15, 0.2) is 48.5 Å². The molecule has 0 aliphatic carbocycles. The van der Waals surface area contributed by atoms with Gasteiger partial charge in [0, 0.05) is 26.2 Å². The zero-order chi connectivity index (χ0) is 17.8. The minimum Gasteiger partial charge on any atom is -0.478 e. The molecule has 0 atom stereocenters. The Morgan fingerprint density at radius 1 is 0.960 bits per heavy atom. The van der Waals surface area contributed by atoms with E-state index in [0.717, 1.165) is 42.9 Å². The van der Waals surface area contributed by atoms with Crippen molar-refractivity contribution in [1.82, 2.24) is 9.80 Å². The van der Waals surface area contributed by atoms with E-state index in [1.807, 2.05) is 35.2 Å². The number of likely N-dealkylation sites (N-methyl/N-ethyl adjacent to an activating group) is 1. The number of benzene rings is 2. The van der Waals surface area contributed by atoms with Crippen molar-refractivity contribution in [3.05, 3.63) is 59.7 Å². The number of hydrogen-bond donors (Lipinski definition) is 1. The third-order valence-electron chi connectivity index (χ3n) is 4.61. The van der Waals surface area contributed by atoms with Gasteiger partial charge in [0.25, 0.3) is 0 Å². The van der Waals surface area contributed by atoms with Crippen molar-refractivity contribution in [2.75, 3.05) is 33.2 Å². The second-order valence-corrected chi connectivity index (χ2v) is 6.44. The monoisotopic (exact) mass is 338 g/mol. The van der Waals surface area contributed by atoms with Gasteiger partial charge in [0.15, 0.2) is 0 Å². The van der Waals surface area contributed by atoms with Crippen molar-refractivity contribution in [2.45, 2.75) is 6.42 Å². The van der Waals surface area contributed by atoms with Crippen molar-refractivity contribution >= 4 is 11.9 Å². The van der Waals surface area contributed by atoms with Crippen LogP contribution in [0.5, 0.6) is 0 Å². The maximum atomic E-state index is 12.4. The summed E-state index contributed by atoms with van der Waals surface area (Å²) in [6.07, 6.45) is 0.402. The van der Waals surface area contributed by atoms with Crippen molar-refractivity contribution in [3.8, 4) is 11.1 Å². The van der Waals surface area contributed by atoms with Crippen LogP contribution in [0, 0.1) is 0 Å². The van der Waals surface area contributed by atoms with Crippen LogP contribution in [0.4, 0.5) is 0 Å². The van der Waals surface area contributed by atoms with Gasteiger partial charge in [-0.1, -0.05) is 36.4 Å². The average molecular weight is 338 g/mol. The number of carboxylic acid groups (broad SMARTS) is 1. The third-order valence-corrected chi connectivity index (χ3v) is 4.61. The molecule has 0 spiro atoms. The number of hydrogen-bond acceptors (Lipinski definition) is 3. The Morgan fingerprint density at radius 3 is 2.28 bits per heavy atom. The van der Waals surface area contributed by atoms with Gasteiger partial charge in [-0.25, -0.2) is 4.79 Å². The molecule has 130 valence electrons. The molecule has 3 rings (SSSR count). The summed E-state index contributed by atoms with van der Waals surface area (Å²) < 4.78 is 0. The SMILES string of the molecule is CN1CCN(C(=O)Cc2ccc(-c3cccc(C(=O)O)c3)cc2)CC1. The van der Waals surface area contributed by atoms with Crippen LogP contribution < -0.4 is 0 Å². The molecule has 0 radical (unpaired) electrons. The topological polar surface area (TPSA) is 60.9 Å². The number of carboxylic acids is 1. The summed E-state index contributed by atoms with van der Waals surface area (Å²) in [6, 6.07) is 14.6. The Bertz CT molecular complexity index is 763. The highest BCUT2D eigenvalue weighted by Gasteiger charge is 2.19. The van der Waals surface area contributed by atoms with E-state index in [1.165, 1.54) is 0 Å². The molecule has 0 saturated carbocycles. The predicted molar refractivity (Wildman–Crippen MR) is 96.6 cm³/mol. The lowest BCUT2D eigenvalue weighted by molar-refractivity contribution is -0.132. The van der Waals surface area contributed by atoms with Crippen LogP contribution in [0.3, 0.4) is 0 Å². The predicted octanol–water partition coefficient (Wildman–Crippen LogP) is 2.37. The van der Waals surface area contributed by atoms with E-state index in [2.05, 4.69) is 11.9 Å². The van der Waals surface area contributed by atoms with Crippen molar-refractivity contribution in [2.24, 2.45) is 0 Å². The molecule has 0 unspecified atom stereocenters. The largest absolute Gasteiger partial charge is 0.478 e. The zero-order valence-electron chi connectivity index (χ0n) is 14.3. The van der Waals surface area contributed by atoms with Crippen molar-refractivity contribution < 1.29 is 14.7 Å². The maximum Gasteiger partial charge on any atom is 0.335 e. The van der Waals surface area contributed by atoms with Gasteiger partial charge in [-0.3, -0.25) is 4.79 Å². The number of carbonyl (C=O) groups is 2. The molecule has 1 amide bonds. The third kappa shape index (κ3) is 4.25. The molecule has 1 saturated heterocycles. The lowest BCUT2D eigenvalue weighted by atomic mass is 10.0. The molecule has 1 aliphatic rings. The van der Waals surface area contributed by atoms with Gasteiger partial charge in [-0.2, -0.15) is 0 Å². The van der Waals surface area contributed by atoms with E-state index >= 15 is 0 Å². The molecule has 2 aromatic carbocycles. The summed E-state index contributed by atoms with van der Waals surface area (Å²) in [5.74, 6) is -0.773. The van der Waals surface area contributed by atoms with Gasteiger partial charge in [-0.15, -0.1) is 0 Å². The first-order valence-corrected chi connectivity index (χ1v) is 8.42. The standard InChI is InChI=1S/C20H22N2O3/c1-21-9-11-22(12-10-21)19(23)13-15-5-7-16(8-6-15)17-3-2-4-18(14-17)20(24)25/h2-8,14H,9-13H2,1H3,(H,24,25). The summed E-state index contributed by atoms with van der Waals surface area (Å²) in [5.41, 5.74) is 3.05. The molecule has 1 N–H and O–H groups in total. The molecular formula is C20H22N2O3. The summed E-state index contributed by atoms with van der Waals surface area (Å²) in [5, 5.41) is 9.09. The van der Waals surface area contributed by atoms with E-state index in [4.69, 9.17) is 5.11 Å². The van der Waals surface area contributed by atoms with Crippen molar-refractivity contribution in [3.63, 3.8) is 0 Å². The average Bonchev–Trinajstić information content (AvgIpc) is 2.63. The Morgan fingerprint density at radius 2 is 1.64 bits per heavy atom. The van der Waals surface area contributed by atoms with E-state index in [9.17, 15) is 9.59 Å². The van der Waals surface area contributed by atoms with Crippen LogP contribution >= 0.6 is 0 Å². The van der Waals surface area contributed by atoms with Crippen LogP contribution in [-0.2, 0) is 11.2 Å².